The lowest BCUT2D eigenvalue weighted by molar-refractivity contribution is -0.143. The number of piperidine rings is 1. The van der Waals surface area contributed by atoms with Gasteiger partial charge in [0.15, 0.2) is 0 Å². The predicted octanol–water partition coefficient (Wildman–Crippen LogP) is 1.35. The molecule has 1 aliphatic carbocycles. The summed E-state index contributed by atoms with van der Waals surface area (Å²) in [6.07, 6.45) is 10.2. The zero-order valence-electron chi connectivity index (χ0n) is 16.4. The van der Waals surface area contributed by atoms with Gasteiger partial charge in [0.2, 0.25) is 0 Å². The molecule has 0 aromatic heterocycles. The Balaban J connectivity index is 1.42. The normalized spacial score (nSPS) is 25.6. The minimum Gasteiger partial charge on any atom is -0.466 e. The van der Waals surface area contributed by atoms with Gasteiger partial charge in [-0.1, -0.05) is 17.7 Å². The lowest BCUT2D eigenvalue weighted by Gasteiger charge is -2.37. The van der Waals surface area contributed by atoms with E-state index < -0.39 is 0 Å². The van der Waals surface area contributed by atoms with E-state index in [-0.39, 0.29) is 23.8 Å². The van der Waals surface area contributed by atoms with Crippen LogP contribution in [0.4, 0.5) is 0 Å². The van der Waals surface area contributed by atoms with E-state index in [0.29, 0.717) is 13.0 Å². The molecule has 2 saturated heterocycles. The number of nitrogens with one attached hydrogen (secondary N) is 1. The van der Waals surface area contributed by atoms with Gasteiger partial charge in [-0.3, -0.25) is 9.63 Å². The molecule has 3 rings (SSSR count). The van der Waals surface area contributed by atoms with Crippen LogP contribution < -0.4 is 16.9 Å². The molecule has 2 aliphatic heterocycles. The monoisotopic (exact) mass is 378 g/mol. The summed E-state index contributed by atoms with van der Waals surface area (Å²) in [6, 6.07) is 0.284. The van der Waals surface area contributed by atoms with E-state index in [4.69, 9.17) is 21.0 Å². The fourth-order valence-electron chi connectivity index (χ4n) is 4.27. The molecule has 152 valence electrons. The third-order valence-electron chi connectivity index (χ3n) is 6.01. The number of rotatable bonds is 7. The van der Waals surface area contributed by atoms with E-state index in [1.54, 1.807) is 0 Å². The lowest BCUT2D eigenvalue weighted by Crippen LogP contribution is -2.44. The zero-order valence-corrected chi connectivity index (χ0v) is 16.4. The maximum Gasteiger partial charge on any atom is 0.305 e. The van der Waals surface area contributed by atoms with Crippen LogP contribution in [0.5, 0.6) is 0 Å². The van der Waals surface area contributed by atoms with Crippen LogP contribution >= 0.6 is 0 Å². The van der Waals surface area contributed by atoms with Crippen LogP contribution in [0.25, 0.3) is 0 Å². The number of allylic oxidation sites excluding steroid dienone is 2. The van der Waals surface area contributed by atoms with Gasteiger partial charge in [0, 0.05) is 19.5 Å². The summed E-state index contributed by atoms with van der Waals surface area (Å²) in [5.74, 6) is -0.0919. The van der Waals surface area contributed by atoms with Gasteiger partial charge in [0.1, 0.15) is 0 Å². The maximum atomic E-state index is 11.4. The van der Waals surface area contributed by atoms with Crippen LogP contribution in [-0.4, -0.2) is 54.9 Å². The molecular formula is C20H34N4O3. The molecule has 3 aliphatic rings. The minimum absolute atomic E-state index is 0.0581. The van der Waals surface area contributed by atoms with Crippen molar-refractivity contribution in [3.05, 3.63) is 23.3 Å². The van der Waals surface area contributed by atoms with Crippen LogP contribution in [0.2, 0.25) is 0 Å². The van der Waals surface area contributed by atoms with Crippen molar-refractivity contribution >= 4 is 5.97 Å². The maximum absolute atomic E-state index is 11.4. The summed E-state index contributed by atoms with van der Waals surface area (Å²) in [5.41, 5.74) is 17.3. The molecule has 0 aromatic rings. The first-order chi connectivity index (χ1) is 13.0. The van der Waals surface area contributed by atoms with Crippen LogP contribution in [-0.2, 0) is 14.4 Å². The molecule has 2 heterocycles. The van der Waals surface area contributed by atoms with Crippen LogP contribution in [0, 0.1) is 0 Å². The molecule has 1 unspecified atom stereocenters. The van der Waals surface area contributed by atoms with E-state index >= 15 is 0 Å². The van der Waals surface area contributed by atoms with Gasteiger partial charge in [0.05, 0.1) is 24.4 Å². The largest absolute Gasteiger partial charge is 0.466 e. The molecule has 1 atom stereocenters. The Morgan fingerprint density at radius 1 is 1.37 bits per heavy atom. The second-order valence-corrected chi connectivity index (χ2v) is 7.92. The van der Waals surface area contributed by atoms with E-state index in [2.05, 4.69) is 22.5 Å². The first-order valence-corrected chi connectivity index (χ1v) is 10.2. The topological polar surface area (TPSA) is 103 Å². The van der Waals surface area contributed by atoms with Gasteiger partial charge >= 0.3 is 5.97 Å². The fraction of sp³-hybridized carbons (Fsp3) is 0.750. The van der Waals surface area contributed by atoms with E-state index in [1.165, 1.54) is 5.57 Å². The van der Waals surface area contributed by atoms with E-state index in [9.17, 15) is 4.79 Å². The number of hydroxylamine groups is 1. The standard InChI is InChI=1S/C20H34N4O3/c1-2-26-18(25)4-3-11-24-12-9-20(10-13-24)14-17(23-27-20)15-5-7-16(8-6-15)19(21)22/h5,7,17,19,23H,2-4,6,8-14,21-22H2,1H3. The van der Waals surface area contributed by atoms with Gasteiger partial charge in [-0.15, -0.1) is 0 Å². The molecule has 0 bridgehead atoms. The summed E-state index contributed by atoms with van der Waals surface area (Å²) >= 11 is 0. The second kappa shape index (κ2) is 9.30. The number of carbonyl (C=O) groups is 1. The van der Waals surface area contributed by atoms with Gasteiger partial charge < -0.3 is 21.1 Å². The lowest BCUT2D eigenvalue weighted by atomic mass is 9.82. The highest BCUT2D eigenvalue weighted by atomic mass is 16.7. The highest BCUT2D eigenvalue weighted by Crippen LogP contribution is 2.38. The number of nitrogens with zero attached hydrogens (tertiary/aromatic N) is 1. The number of hydrogen-bond donors (Lipinski definition) is 3. The number of ether oxygens (including phenoxy) is 1. The Hall–Kier alpha value is -1.25. The molecule has 0 amide bonds. The molecule has 0 saturated carbocycles. The minimum atomic E-state index is -0.352. The number of likely N-dealkylation sites (tertiary alicyclic amines) is 1. The summed E-state index contributed by atoms with van der Waals surface area (Å²) in [6.45, 7) is 5.29. The SMILES string of the molecule is CCOC(=O)CCCN1CCC2(CC1)CC(C1=CC=C(C(N)N)CC1)NO2. The number of nitrogens with two attached hydrogens (primary N) is 2. The van der Waals surface area contributed by atoms with Crippen molar-refractivity contribution in [3.63, 3.8) is 0 Å². The van der Waals surface area contributed by atoms with Gasteiger partial charge in [-0.05, 0) is 57.6 Å². The molecule has 0 radical (unpaired) electrons. The Kier molecular flexibility index (Phi) is 7.05. The van der Waals surface area contributed by atoms with Crippen molar-refractivity contribution in [1.29, 1.82) is 0 Å². The highest BCUT2D eigenvalue weighted by Gasteiger charge is 2.44. The Morgan fingerprint density at radius 3 is 2.78 bits per heavy atom. The van der Waals surface area contributed by atoms with Crippen LogP contribution in [0.1, 0.15) is 51.9 Å². The van der Waals surface area contributed by atoms with Gasteiger partial charge in [0.25, 0.3) is 0 Å². The van der Waals surface area contributed by atoms with Crippen molar-refractivity contribution in [2.75, 3.05) is 26.2 Å². The third-order valence-corrected chi connectivity index (χ3v) is 6.01. The molecule has 27 heavy (non-hydrogen) atoms. The quantitative estimate of drug-likeness (QED) is 0.454. The average molecular weight is 379 g/mol. The van der Waals surface area contributed by atoms with Crippen molar-refractivity contribution < 1.29 is 14.4 Å². The highest BCUT2D eigenvalue weighted by molar-refractivity contribution is 5.69. The molecule has 1 spiro atoms. The smallest absolute Gasteiger partial charge is 0.305 e. The molecule has 7 nitrogen and oxygen atoms in total. The molecule has 2 fully saturated rings. The first-order valence-electron chi connectivity index (χ1n) is 10.2. The summed E-state index contributed by atoms with van der Waals surface area (Å²) in [4.78, 5) is 20.0. The zero-order chi connectivity index (χ0) is 19.3. The van der Waals surface area contributed by atoms with Crippen molar-refractivity contribution in [1.82, 2.24) is 10.4 Å². The number of carbonyl (C=O) groups excluding carboxylic acids is 1. The first kappa shape index (κ1) is 20.5. The summed E-state index contributed by atoms with van der Waals surface area (Å²) < 4.78 is 4.99. The van der Waals surface area contributed by atoms with E-state index in [0.717, 1.165) is 63.7 Å². The Labute approximate surface area is 162 Å². The summed E-state index contributed by atoms with van der Waals surface area (Å²) in [5, 5.41) is 0. The van der Waals surface area contributed by atoms with E-state index in [1.807, 2.05) is 6.92 Å². The molecular weight excluding hydrogens is 344 g/mol. The predicted molar refractivity (Wildman–Crippen MR) is 104 cm³/mol. The molecule has 5 N–H and O–H groups in total. The van der Waals surface area contributed by atoms with Crippen LogP contribution in [0.15, 0.2) is 23.3 Å². The van der Waals surface area contributed by atoms with Crippen molar-refractivity contribution in [3.8, 4) is 0 Å². The Bertz CT molecular complexity index is 580. The second-order valence-electron chi connectivity index (χ2n) is 7.92. The fourth-order valence-corrected chi connectivity index (χ4v) is 4.27. The van der Waals surface area contributed by atoms with Crippen LogP contribution in [0.3, 0.4) is 0 Å². The number of hydrogen-bond acceptors (Lipinski definition) is 7. The van der Waals surface area contributed by atoms with Gasteiger partial charge in [-0.2, -0.15) is 5.48 Å². The average Bonchev–Trinajstić information content (AvgIpc) is 3.08. The molecule has 7 heteroatoms. The summed E-state index contributed by atoms with van der Waals surface area (Å²) in [7, 11) is 0. The van der Waals surface area contributed by atoms with Crippen molar-refractivity contribution in [2.24, 2.45) is 11.5 Å². The number of esters is 1. The Morgan fingerprint density at radius 2 is 2.15 bits per heavy atom. The van der Waals surface area contributed by atoms with Crippen molar-refractivity contribution in [2.45, 2.75) is 69.7 Å². The van der Waals surface area contributed by atoms with Gasteiger partial charge in [-0.25, -0.2) is 0 Å². The molecule has 0 aromatic carbocycles. The third kappa shape index (κ3) is 5.39.